The highest BCUT2D eigenvalue weighted by Gasteiger charge is 1.78. The molecule has 2 N–H and O–H groups in total. The average molecular weight is 84.0 g/mol. The normalized spacial score (nSPS) is 8.33. The average Bonchev–Trinajstić information content (AvgIpc) is 1.61. The van der Waals surface area contributed by atoms with E-state index in [1.165, 1.54) is 0 Å². The fourth-order valence-corrected chi connectivity index (χ4v) is 0.322. The van der Waals surface area contributed by atoms with Crippen LogP contribution in [-0.4, -0.2) is 13.8 Å². The van der Waals surface area contributed by atoms with Crippen LogP contribution in [0.15, 0.2) is 0 Å². The summed E-state index contributed by atoms with van der Waals surface area (Å²) in [5.74, 6) is 0. The van der Waals surface area contributed by atoms with Crippen LogP contribution in [0.5, 0.6) is 0 Å². The van der Waals surface area contributed by atoms with Gasteiger partial charge in [0, 0.05) is 0 Å². The van der Waals surface area contributed by atoms with Gasteiger partial charge in [-0.15, -0.1) is 0 Å². The molecule has 0 aromatic carbocycles. The molecule has 0 aliphatic rings. The van der Waals surface area contributed by atoms with Crippen molar-refractivity contribution < 1.29 is 0 Å². The molecule has 6 heavy (non-hydrogen) atoms. The van der Waals surface area contributed by atoms with Crippen molar-refractivity contribution in [3.05, 3.63) is 0 Å². The summed E-state index contributed by atoms with van der Waals surface area (Å²) in [6.07, 6.45) is 2.22. The molecule has 1 radical (unpaired) electrons. The molecular weight excluding hydrogens is 72.9 g/mol. The number of nitrogens with two attached hydrogens (primary N) is 1. The van der Waals surface area contributed by atoms with Crippen molar-refractivity contribution in [2.45, 2.75) is 19.6 Å². The molecule has 0 saturated carbocycles. The van der Waals surface area contributed by atoms with Gasteiger partial charge in [-0.1, -0.05) is 19.6 Å². The van der Waals surface area contributed by atoms with Gasteiger partial charge in [0.15, 0.2) is 0 Å². The Morgan fingerprint density at radius 3 is 2.50 bits per heavy atom. The fourth-order valence-electron chi connectivity index (χ4n) is 0.322. The second-order valence-corrected chi connectivity index (χ2v) is 1.27. The highest BCUT2D eigenvalue weighted by molar-refractivity contribution is 6.35. The highest BCUT2D eigenvalue weighted by atomic mass is 14.5. The molecule has 0 atom stereocenters. The first-order valence-electron chi connectivity index (χ1n) is 2.43. The van der Waals surface area contributed by atoms with Crippen molar-refractivity contribution in [2.24, 2.45) is 5.73 Å². The minimum atomic E-state index is 0.799. The first-order chi connectivity index (χ1) is 2.91. The van der Waals surface area contributed by atoms with Gasteiger partial charge in [0.25, 0.3) is 0 Å². The number of hydrogen-bond acceptors (Lipinski definition) is 1. The molecule has 0 saturated heterocycles. The predicted octanol–water partition coefficient (Wildman–Crippen LogP) is 0.506. The molecule has 35 valence electrons. The molecule has 0 aliphatic heterocycles. The lowest BCUT2D eigenvalue weighted by atomic mass is 9.72. The summed E-state index contributed by atoms with van der Waals surface area (Å²) in [6.45, 7) is 2.92. The summed E-state index contributed by atoms with van der Waals surface area (Å²) in [4.78, 5) is 0. The van der Waals surface area contributed by atoms with Crippen molar-refractivity contribution in [1.29, 1.82) is 0 Å². The monoisotopic (exact) mass is 84.1 g/mol. The van der Waals surface area contributed by atoms with Crippen LogP contribution >= 0.6 is 0 Å². The van der Waals surface area contributed by atoms with Crippen molar-refractivity contribution in [1.82, 2.24) is 0 Å². The molecule has 0 fully saturated rings. The van der Waals surface area contributed by atoms with Gasteiger partial charge in [-0.25, -0.2) is 0 Å². The topological polar surface area (TPSA) is 26.0 Å². The van der Waals surface area contributed by atoms with Gasteiger partial charge in [0.2, 0.25) is 0 Å². The Bertz CT molecular complexity index is 19.5. The van der Waals surface area contributed by atoms with Gasteiger partial charge in [-0.05, 0) is 6.54 Å². The smallest absolute Gasteiger partial charge is 0.110 e. The number of hydrogen-bond donors (Lipinski definition) is 1. The minimum absolute atomic E-state index is 0.799. The van der Waals surface area contributed by atoms with E-state index in [4.69, 9.17) is 5.73 Å². The van der Waals surface area contributed by atoms with E-state index in [1.807, 2.05) is 0 Å². The van der Waals surface area contributed by atoms with Crippen LogP contribution < -0.4 is 5.73 Å². The van der Waals surface area contributed by atoms with Crippen LogP contribution in [0.1, 0.15) is 6.92 Å². The molecule has 0 aromatic heterocycles. The lowest BCUT2D eigenvalue weighted by Crippen LogP contribution is -2.00. The summed E-state index contributed by atoms with van der Waals surface area (Å²) in [7, 11) is 2.18. The van der Waals surface area contributed by atoms with Crippen molar-refractivity contribution in [3.8, 4) is 0 Å². The van der Waals surface area contributed by atoms with Crippen LogP contribution in [0.25, 0.3) is 0 Å². The van der Waals surface area contributed by atoms with Crippen molar-refractivity contribution in [2.75, 3.05) is 6.54 Å². The van der Waals surface area contributed by atoms with Gasteiger partial charge in [0.05, 0.1) is 0 Å². The zero-order chi connectivity index (χ0) is 4.83. The van der Waals surface area contributed by atoms with Gasteiger partial charge in [-0.3, -0.25) is 0 Å². The third-order valence-corrected chi connectivity index (χ3v) is 0.659. The maximum Gasteiger partial charge on any atom is 0.110 e. The first kappa shape index (κ1) is 6.02. The molecule has 0 bridgehead atoms. The largest absolute Gasteiger partial charge is 0.331 e. The Labute approximate surface area is 40.2 Å². The Hall–Kier alpha value is 0.0249. The van der Waals surface area contributed by atoms with E-state index in [1.54, 1.807) is 0 Å². The van der Waals surface area contributed by atoms with Crippen molar-refractivity contribution >= 4 is 7.28 Å². The van der Waals surface area contributed by atoms with Crippen molar-refractivity contribution in [3.63, 3.8) is 0 Å². The predicted molar refractivity (Wildman–Crippen MR) is 30.1 cm³/mol. The summed E-state index contributed by atoms with van der Waals surface area (Å²) in [5.41, 5.74) is 5.18. The summed E-state index contributed by atoms with van der Waals surface area (Å²) >= 11 is 0. The van der Waals surface area contributed by atoms with Gasteiger partial charge in [-0.2, -0.15) is 0 Å². The first-order valence-corrected chi connectivity index (χ1v) is 2.43. The maximum absolute atomic E-state index is 5.18. The van der Waals surface area contributed by atoms with E-state index >= 15 is 0 Å². The van der Waals surface area contributed by atoms with E-state index in [0.29, 0.717) is 0 Å². The Morgan fingerprint density at radius 2 is 2.33 bits per heavy atom. The molecule has 0 rings (SSSR count). The van der Waals surface area contributed by atoms with Gasteiger partial charge < -0.3 is 5.73 Å². The lowest BCUT2D eigenvalue weighted by molar-refractivity contribution is 1.11. The lowest BCUT2D eigenvalue weighted by Gasteiger charge is -1.84. The molecule has 0 aromatic rings. The summed E-state index contributed by atoms with van der Waals surface area (Å²) in [6, 6.07) is 0. The van der Waals surface area contributed by atoms with E-state index in [2.05, 4.69) is 14.2 Å². The SMILES string of the molecule is CC[B]CCN. The third-order valence-electron chi connectivity index (χ3n) is 0.659. The standard InChI is InChI=1S/C4H11BN/c1-2-5-3-4-6/h2-4,6H2,1H3. The highest BCUT2D eigenvalue weighted by Crippen LogP contribution is 1.77. The zero-order valence-electron chi connectivity index (χ0n) is 4.28. The molecule has 0 aliphatic carbocycles. The van der Waals surface area contributed by atoms with E-state index < -0.39 is 0 Å². The van der Waals surface area contributed by atoms with Gasteiger partial charge in [0.1, 0.15) is 7.28 Å². The third kappa shape index (κ3) is 4.02. The molecule has 0 amide bonds. The number of rotatable bonds is 3. The van der Waals surface area contributed by atoms with E-state index in [-0.39, 0.29) is 0 Å². The molecule has 1 nitrogen and oxygen atoms in total. The zero-order valence-corrected chi connectivity index (χ0v) is 4.28. The minimum Gasteiger partial charge on any atom is -0.331 e. The second kappa shape index (κ2) is 5.02. The Morgan fingerprint density at radius 1 is 1.67 bits per heavy atom. The van der Waals surface area contributed by atoms with Crippen LogP contribution in [0, 0.1) is 0 Å². The second-order valence-electron chi connectivity index (χ2n) is 1.27. The fraction of sp³-hybridized carbons (Fsp3) is 1.00. The summed E-state index contributed by atoms with van der Waals surface area (Å²) < 4.78 is 0. The molecule has 2 heteroatoms. The maximum atomic E-state index is 5.18. The van der Waals surface area contributed by atoms with Gasteiger partial charge >= 0.3 is 0 Å². The summed E-state index contributed by atoms with van der Waals surface area (Å²) in [5, 5.41) is 0. The van der Waals surface area contributed by atoms with Crippen LogP contribution in [0.3, 0.4) is 0 Å². The van der Waals surface area contributed by atoms with E-state index in [0.717, 1.165) is 19.2 Å². The van der Waals surface area contributed by atoms with Crippen LogP contribution in [0.4, 0.5) is 0 Å². The van der Waals surface area contributed by atoms with E-state index in [9.17, 15) is 0 Å². The Balaban J connectivity index is 2.34. The Kier molecular flexibility index (Phi) is 5.05. The molecule has 0 spiro atoms. The van der Waals surface area contributed by atoms with Crippen LogP contribution in [0.2, 0.25) is 12.6 Å². The molecular formula is C4H11BN. The molecule has 0 heterocycles. The molecule has 0 unspecified atom stereocenters. The quantitative estimate of drug-likeness (QED) is 0.391. The van der Waals surface area contributed by atoms with Crippen LogP contribution in [-0.2, 0) is 0 Å².